The number of nitrogens with two attached hydrogens (primary N) is 1. The van der Waals surface area contributed by atoms with Crippen LogP contribution < -0.4 is 10.5 Å². The van der Waals surface area contributed by atoms with E-state index in [1.807, 2.05) is 0 Å². The van der Waals surface area contributed by atoms with Crippen molar-refractivity contribution in [3.8, 4) is 0 Å². The van der Waals surface area contributed by atoms with Crippen LogP contribution in [-0.4, -0.2) is 11.0 Å². The zero-order valence-corrected chi connectivity index (χ0v) is 29.1. The second-order valence-electron chi connectivity index (χ2n) is 16.3. The molecule has 4 aliphatic carbocycles. The largest absolute Gasteiger partial charge is 0.324 e. The highest BCUT2D eigenvalue weighted by molar-refractivity contribution is 7.98. The van der Waals surface area contributed by atoms with E-state index in [2.05, 4.69) is 79.4 Å². The number of rotatable bonds is 10. The van der Waals surface area contributed by atoms with Crippen LogP contribution in [0.25, 0.3) is 0 Å². The Balaban J connectivity index is 1.08. The third-order valence-electron chi connectivity index (χ3n) is 13.3. The molecule has 0 spiro atoms. The van der Waals surface area contributed by atoms with Gasteiger partial charge in [-0.3, -0.25) is 0 Å². The maximum absolute atomic E-state index is 7.67. The van der Waals surface area contributed by atoms with Crippen molar-refractivity contribution < 1.29 is 0 Å². The van der Waals surface area contributed by atoms with Gasteiger partial charge in [0.1, 0.15) is 0 Å². The van der Waals surface area contributed by atoms with E-state index >= 15 is 0 Å². The molecule has 0 heterocycles. The van der Waals surface area contributed by atoms with E-state index in [1.54, 1.807) is 11.9 Å². The fraction of sp³-hybridized carbons (Fsp3) is 0.811. The quantitative estimate of drug-likeness (QED) is 0.160. The summed E-state index contributed by atoms with van der Waals surface area (Å²) in [5.41, 5.74) is 11.5. The number of hydrogen-bond donors (Lipinski definition) is 2. The molecule has 5 rings (SSSR count). The first-order valence-corrected chi connectivity index (χ1v) is 18.6. The normalized spacial score (nSPS) is 38.7. The monoisotopic (exact) mass is 596 g/mol. The predicted octanol–water partition coefficient (Wildman–Crippen LogP) is 10.6. The van der Waals surface area contributed by atoms with Crippen molar-refractivity contribution in [3.05, 3.63) is 29.8 Å². The van der Waals surface area contributed by atoms with Crippen molar-refractivity contribution in [2.24, 2.45) is 46.2 Å². The van der Waals surface area contributed by atoms with Crippen molar-refractivity contribution in [2.45, 2.75) is 154 Å². The Morgan fingerprint density at radius 1 is 0.951 bits per heavy atom. The maximum Gasteiger partial charge on any atom is 0.0243 e. The van der Waals surface area contributed by atoms with Gasteiger partial charge in [-0.2, -0.15) is 0 Å². The van der Waals surface area contributed by atoms with Gasteiger partial charge < -0.3 is 5.73 Å². The summed E-state index contributed by atoms with van der Waals surface area (Å²) in [4.78, 5) is 1.27. The van der Waals surface area contributed by atoms with Crippen LogP contribution in [0.1, 0.15) is 143 Å². The molecule has 0 bridgehead atoms. The highest BCUT2D eigenvalue weighted by Gasteiger charge is 2.66. The molecule has 2 nitrogen and oxygen atoms in total. The molecular formula is C37H61N2PS. The Kier molecular flexibility index (Phi) is 9.83. The molecule has 6 unspecified atom stereocenters. The summed E-state index contributed by atoms with van der Waals surface area (Å²) in [6, 6.07) is 8.98. The molecule has 0 aliphatic heterocycles. The summed E-state index contributed by atoms with van der Waals surface area (Å²) in [7, 11) is 3.86. The predicted molar refractivity (Wildman–Crippen MR) is 183 cm³/mol. The molecular weight excluding hydrogens is 535 g/mol. The molecule has 1 aromatic carbocycles. The number of nitrogens with one attached hydrogen (secondary N) is 1. The summed E-state index contributed by atoms with van der Waals surface area (Å²) < 4.78 is 3.53. The molecule has 0 amide bonds. The Hall–Kier alpha value is -0.340. The zero-order chi connectivity index (χ0) is 29.5. The van der Waals surface area contributed by atoms with Crippen molar-refractivity contribution in [2.75, 3.05) is 0 Å². The molecule has 4 saturated carbocycles. The minimum atomic E-state index is 0.0877. The molecule has 4 fully saturated rings. The molecule has 4 heteroatoms. The third-order valence-corrected chi connectivity index (χ3v) is 14.7. The molecule has 0 aromatic heterocycles. The number of benzene rings is 1. The minimum Gasteiger partial charge on any atom is -0.324 e. The lowest BCUT2D eigenvalue weighted by Crippen LogP contribution is -2.71. The van der Waals surface area contributed by atoms with Gasteiger partial charge in [-0.25, -0.2) is 4.72 Å². The number of hydrogen-bond acceptors (Lipinski definition) is 2. The Bertz CT molecular complexity index is 1050. The second-order valence-corrected chi connectivity index (χ2v) is 17.7. The number of unbranched alkanes of at least 4 members (excludes halogenated alkanes) is 2. The average molecular weight is 597 g/mol. The third kappa shape index (κ3) is 6.15. The van der Waals surface area contributed by atoms with Gasteiger partial charge in [-0.1, -0.05) is 85.8 Å². The maximum atomic E-state index is 7.67. The smallest absolute Gasteiger partial charge is 0.0243 e. The molecule has 230 valence electrons. The van der Waals surface area contributed by atoms with Crippen LogP contribution in [-0.2, 0) is 5.41 Å². The molecule has 3 N–H and O–H groups in total. The van der Waals surface area contributed by atoms with E-state index in [0.29, 0.717) is 10.8 Å². The first-order valence-electron chi connectivity index (χ1n) is 17.3. The first kappa shape index (κ1) is 32.1. The summed E-state index contributed by atoms with van der Waals surface area (Å²) in [6.45, 7) is 14.6. The van der Waals surface area contributed by atoms with Crippen LogP contribution >= 0.6 is 20.8 Å². The van der Waals surface area contributed by atoms with E-state index in [0.717, 1.165) is 36.0 Å². The van der Waals surface area contributed by atoms with E-state index in [1.165, 1.54) is 106 Å². The standard InChI is InChI=1S/C37H61N2PS/c1-7-26-25-32-31-21-18-28(35(31,5)23-24-37(32,38)36(6)22-12-11-14-30(26)36)13-9-8-10-15-33(40)39-41-29-19-16-27(17-20-29)34(2,3)4/h16-17,19-20,26,28,30-32,39-40H,7-15,18,21-25,38H2,1-6H3/t26-,28?,30?,31?,32?,35?,36?,37+/m0/s1. The van der Waals surface area contributed by atoms with Crippen LogP contribution in [0, 0.1) is 40.4 Å². The van der Waals surface area contributed by atoms with E-state index in [4.69, 9.17) is 5.73 Å². The summed E-state index contributed by atoms with van der Waals surface area (Å²) in [5, 5.41) is 0. The zero-order valence-electron chi connectivity index (χ0n) is 27.3. The van der Waals surface area contributed by atoms with Gasteiger partial charge in [-0.05, 0) is 140 Å². The fourth-order valence-corrected chi connectivity index (χ4v) is 11.6. The summed E-state index contributed by atoms with van der Waals surface area (Å²) in [5.74, 6) is 4.31. The van der Waals surface area contributed by atoms with Gasteiger partial charge in [0.2, 0.25) is 0 Å². The lowest BCUT2D eigenvalue weighted by molar-refractivity contribution is -0.152. The van der Waals surface area contributed by atoms with Crippen LogP contribution in [0.15, 0.2) is 29.2 Å². The Morgan fingerprint density at radius 3 is 2.41 bits per heavy atom. The topological polar surface area (TPSA) is 38.0 Å². The molecule has 4 aliphatic rings. The van der Waals surface area contributed by atoms with Crippen molar-refractivity contribution in [1.29, 1.82) is 0 Å². The van der Waals surface area contributed by atoms with Gasteiger partial charge in [0.25, 0.3) is 0 Å². The summed E-state index contributed by atoms with van der Waals surface area (Å²) in [6.07, 6.45) is 20.5. The van der Waals surface area contributed by atoms with E-state index in [9.17, 15) is 0 Å². The summed E-state index contributed by atoms with van der Waals surface area (Å²) >= 11 is 1.71. The Morgan fingerprint density at radius 2 is 1.71 bits per heavy atom. The van der Waals surface area contributed by atoms with Crippen molar-refractivity contribution in [1.82, 2.24) is 4.72 Å². The van der Waals surface area contributed by atoms with Crippen molar-refractivity contribution in [3.63, 3.8) is 0 Å². The highest BCUT2D eigenvalue weighted by atomic mass is 32.2. The molecule has 41 heavy (non-hydrogen) atoms. The number of fused-ring (bicyclic) bond motifs is 5. The van der Waals surface area contributed by atoms with Gasteiger partial charge in [-0.15, -0.1) is 8.86 Å². The van der Waals surface area contributed by atoms with Gasteiger partial charge >= 0.3 is 0 Å². The molecule has 8 atom stereocenters. The average Bonchev–Trinajstić information content (AvgIpc) is 3.27. The lowest BCUT2D eigenvalue weighted by atomic mass is 9.39. The van der Waals surface area contributed by atoms with Crippen LogP contribution in [0.4, 0.5) is 0 Å². The van der Waals surface area contributed by atoms with Gasteiger partial charge in [0.15, 0.2) is 0 Å². The van der Waals surface area contributed by atoms with Crippen molar-refractivity contribution >= 4 is 26.2 Å². The lowest BCUT2D eigenvalue weighted by Gasteiger charge is -2.68. The second kappa shape index (κ2) is 12.6. The first-order chi connectivity index (χ1) is 19.4. The van der Waals surface area contributed by atoms with Gasteiger partial charge in [0, 0.05) is 15.9 Å². The van der Waals surface area contributed by atoms with Crippen LogP contribution in [0.5, 0.6) is 0 Å². The molecule has 0 radical (unpaired) electrons. The van der Waals surface area contributed by atoms with Crippen LogP contribution in [0.3, 0.4) is 0 Å². The van der Waals surface area contributed by atoms with E-state index < -0.39 is 0 Å². The Labute approximate surface area is 259 Å². The van der Waals surface area contributed by atoms with E-state index in [-0.39, 0.29) is 11.0 Å². The molecule has 0 saturated heterocycles. The minimum absolute atomic E-state index is 0.0877. The molecule has 1 aromatic rings. The highest BCUT2D eigenvalue weighted by Crippen LogP contribution is 2.69. The van der Waals surface area contributed by atoms with Gasteiger partial charge in [0.05, 0.1) is 0 Å². The van der Waals surface area contributed by atoms with Crippen LogP contribution in [0.2, 0.25) is 0 Å². The fourth-order valence-electron chi connectivity index (χ4n) is 10.7. The SMILES string of the molecule is CC[C@H]1CC2C3CCC(CCCCCC(=P)NSc4ccc(C(C)(C)C)cc4)C3(C)CC[C@]2(N)C2(C)CCCCC12.